The van der Waals surface area contributed by atoms with Crippen LogP contribution in [0.3, 0.4) is 0 Å². The van der Waals surface area contributed by atoms with Crippen LogP contribution in [-0.4, -0.2) is 9.49 Å². The fraction of sp³-hybridized carbons (Fsp3) is 0.111. The second kappa shape index (κ2) is 2.90. The van der Waals surface area contributed by atoms with Crippen LogP contribution in [-0.2, 0) is 6.67 Å². The van der Waals surface area contributed by atoms with Crippen molar-refractivity contribution < 1.29 is 4.92 Å². The van der Waals surface area contributed by atoms with Gasteiger partial charge in [0.2, 0.25) is 0 Å². The lowest BCUT2D eigenvalue weighted by Gasteiger charge is -1.97. The van der Waals surface area contributed by atoms with E-state index < -0.39 is 0 Å². The number of benzene rings is 1. The van der Waals surface area contributed by atoms with Gasteiger partial charge in [0, 0.05) is 11.1 Å². The number of aromatic nitrogens is 1. The van der Waals surface area contributed by atoms with E-state index in [9.17, 15) is 10.1 Å². The number of hydrogen-bond donors (Lipinski definition) is 0. The van der Waals surface area contributed by atoms with Gasteiger partial charge >= 0.3 is 0 Å². The maximum absolute atomic E-state index is 10.3. The molecule has 0 aliphatic rings. The molecule has 0 fully saturated rings. The first kappa shape index (κ1) is 7.79. The summed E-state index contributed by atoms with van der Waals surface area (Å²) >= 11 is 0. The molecule has 0 saturated heterocycles. The van der Waals surface area contributed by atoms with Gasteiger partial charge in [-0.25, -0.2) is 0 Å². The van der Waals surface area contributed by atoms with Crippen LogP contribution in [0.4, 0.5) is 0 Å². The van der Waals surface area contributed by atoms with Gasteiger partial charge in [0.25, 0.3) is 6.67 Å². The molecule has 2 aromatic rings. The molecule has 0 bridgehead atoms. The van der Waals surface area contributed by atoms with Gasteiger partial charge in [-0.2, -0.15) is 0 Å². The molecule has 66 valence electrons. The van der Waals surface area contributed by atoms with Crippen LogP contribution in [0, 0.1) is 10.1 Å². The third kappa shape index (κ3) is 1.38. The topological polar surface area (TPSA) is 48.1 Å². The zero-order chi connectivity index (χ0) is 9.26. The van der Waals surface area contributed by atoms with E-state index in [1.165, 1.54) is 0 Å². The number of fused-ring (bicyclic) bond motifs is 1. The van der Waals surface area contributed by atoms with Gasteiger partial charge in [-0.3, -0.25) is 14.7 Å². The number of hydrogen-bond acceptors (Lipinski definition) is 2. The molecule has 0 spiro atoms. The predicted molar refractivity (Wildman–Crippen MR) is 48.9 cm³/mol. The summed E-state index contributed by atoms with van der Waals surface area (Å²) in [5.41, 5.74) is 0.902. The highest BCUT2D eigenvalue weighted by molar-refractivity contribution is 5.79. The Balaban J connectivity index is 2.51. The zero-order valence-electron chi connectivity index (χ0n) is 6.88. The standard InChI is InChI=1S/C9H8N2O2/c12-11(13)7-10-6-5-8-3-1-2-4-9(8)10/h1-6H,7H2. The highest BCUT2D eigenvalue weighted by Gasteiger charge is 2.03. The fourth-order valence-corrected chi connectivity index (χ4v) is 1.39. The van der Waals surface area contributed by atoms with E-state index in [0.717, 1.165) is 10.9 Å². The highest BCUT2D eigenvalue weighted by Crippen LogP contribution is 2.14. The predicted octanol–water partition coefficient (Wildman–Crippen LogP) is 1.88. The van der Waals surface area contributed by atoms with Crippen LogP contribution in [0.5, 0.6) is 0 Å². The summed E-state index contributed by atoms with van der Waals surface area (Å²) in [6, 6.07) is 9.47. The lowest BCUT2D eigenvalue weighted by Crippen LogP contribution is -2.05. The molecule has 0 saturated carbocycles. The number of nitrogens with zero attached hydrogens (tertiary/aromatic N) is 2. The molecule has 0 radical (unpaired) electrons. The molecule has 1 aromatic carbocycles. The molecule has 1 heterocycles. The van der Waals surface area contributed by atoms with E-state index in [-0.39, 0.29) is 11.6 Å². The molecule has 2 rings (SSSR count). The summed E-state index contributed by atoms with van der Waals surface area (Å²) < 4.78 is 1.62. The second-order valence-electron chi connectivity index (χ2n) is 2.82. The zero-order valence-corrected chi connectivity index (χ0v) is 6.88. The molecule has 0 atom stereocenters. The Morgan fingerprint density at radius 2 is 2.08 bits per heavy atom. The largest absolute Gasteiger partial charge is 0.288 e. The second-order valence-corrected chi connectivity index (χ2v) is 2.82. The Hall–Kier alpha value is -1.84. The normalized spacial score (nSPS) is 10.5. The average molecular weight is 176 g/mol. The van der Waals surface area contributed by atoms with Crippen molar-refractivity contribution >= 4 is 10.9 Å². The van der Waals surface area contributed by atoms with Crippen molar-refractivity contribution in [3.63, 3.8) is 0 Å². The van der Waals surface area contributed by atoms with E-state index in [1.807, 2.05) is 30.3 Å². The van der Waals surface area contributed by atoms with Crippen LogP contribution >= 0.6 is 0 Å². The number of nitro groups is 1. The van der Waals surface area contributed by atoms with Gasteiger partial charge in [-0.1, -0.05) is 18.2 Å². The van der Waals surface area contributed by atoms with Crippen LogP contribution in [0.25, 0.3) is 10.9 Å². The minimum atomic E-state index is -0.341. The molecule has 1 aromatic heterocycles. The maximum Gasteiger partial charge on any atom is 0.281 e. The summed E-state index contributed by atoms with van der Waals surface area (Å²) in [6.07, 6.45) is 1.73. The van der Waals surface area contributed by atoms with Crippen LogP contribution in [0.1, 0.15) is 0 Å². The maximum atomic E-state index is 10.3. The SMILES string of the molecule is O=[N+]([O-])Cn1ccc2ccccc21. The Labute approximate surface area is 74.6 Å². The molecule has 0 amide bonds. The summed E-state index contributed by atoms with van der Waals surface area (Å²) in [4.78, 5) is 9.95. The highest BCUT2D eigenvalue weighted by atomic mass is 16.6. The smallest absolute Gasteiger partial charge is 0.281 e. The van der Waals surface area contributed by atoms with Gasteiger partial charge in [-0.05, 0) is 17.5 Å². The Kier molecular flexibility index (Phi) is 1.73. The first-order valence-electron chi connectivity index (χ1n) is 3.93. The Morgan fingerprint density at radius 3 is 2.85 bits per heavy atom. The van der Waals surface area contributed by atoms with Crippen molar-refractivity contribution in [2.75, 3.05) is 0 Å². The average Bonchev–Trinajstić information content (AvgIpc) is 2.48. The Bertz CT molecular complexity index is 448. The summed E-state index contributed by atoms with van der Waals surface area (Å²) in [5, 5.41) is 11.3. The van der Waals surface area contributed by atoms with E-state index >= 15 is 0 Å². The molecular weight excluding hydrogens is 168 g/mol. The van der Waals surface area contributed by atoms with Crippen LogP contribution in [0.2, 0.25) is 0 Å². The molecule has 0 N–H and O–H groups in total. The molecular formula is C9H8N2O2. The van der Waals surface area contributed by atoms with Gasteiger partial charge in [0.15, 0.2) is 0 Å². The molecule has 0 unspecified atom stereocenters. The lowest BCUT2D eigenvalue weighted by molar-refractivity contribution is -0.513. The third-order valence-electron chi connectivity index (χ3n) is 1.95. The van der Waals surface area contributed by atoms with Crippen LogP contribution in [0.15, 0.2) is 36.5 Å². The quantitative estimate of drug-likeness (QED) is 0.518. The van der Waals surface area contributed by atoms with Crippen molar-refractivity contribution in [3.8, 4) is 0 Å². The van der Waals surface area contributed by atoms with Crippen molar-refractivity contribution in [2.45, 2.75) is 6.67 Å². The molecule has 4 heteroatoms. The Morgan fingerprint density at radius 1 is 1.31 bits per heavy atom. The first-order valence-corrected chi connectivity index (χ1v) is 3.93. The van der Waals surface area contributed by atoms with Crippen molar-refractivity contribution in [3.05, 3.63) is 46.6 Å². The number of rotatable bonds is 2. The minimum absolute atomic E-state index is 0.173. The molecule has 13 heavy (non-hydrogen) atoms. The molecule has 0 aliphatic carbocycles. The van der Waals surface area contributed by atoms with Gasteiger partial charge < -0.3 is 0 Å². The summed E-state index contributed by atoms with van der Waals surface area (Å²) in [5.74, 6) is 0. The van der Waals surface area contributed by atoms with Crippen LogP contribution < -0.4 is 0 Å². The van der Waals surface area contributed by atoms with Gasteiger partial charge in [0.05, 0.1) is 5.52 Å². The minimum Gasteiger partial charge on any atom is -0.288 e. The summed E-state index contributed by atoms with van der Waals surface area (Å²) in [6.45, 7) is -0.173. The van der Waals surface area contributed by atoms with E-state index in [0.29, 0.717) is 0 Å². The van der Waals surface area contributed by atoms with E-state index in [2.05, 4.69) is 0 Å². The first-order chi connectivity index (χ1) is 6.27. The van der Waals surface area contributed by atoms with E-state index in [4.69, 9.17) is 0 Å². The van der Waals surface area contributed by atoms with Gasteiger partial charge in [0.1, 0.15) is 0 Å². The molecule has 0 aliphatic heterocycles. The van der Waals surface area contributed by atoms with Gasteiger partial charge in [-0.15, -0.1) is 0 Å². The van der Waals surface area contributed by atoms with E-state index in [1.54, 1.807) is 10.8 Å². The third-order valence-corrected chi connectivity index (χ3v) is 1.95. The lowest BCUT2D eigenvalue weighted by atomic mass is 10.2. The van der Waals surface area contributed by atoms with Crippen molar-refractivity contribution in [1.29, 1.82) is 0 Å². The van der Waals surface area contributed by atoms with Crippen molar-refractivity contribution in [1.82, 2.24) is 4.57 Å². The monoisotopic (exact) mass is 176 g/mol. The number of para-hydroxylation sites is 1. The summed E-state index contributed by atoms with van der Waals surface area (Å²) in [7, 11) is 0. The molecule has 4 nitrogen and oxygen atoms in total. The van der Waals surface area contributed by atoms with Crippen molar-refractivity contribution in [2.24, 2.45) is 0 Å². The fourth-order valence-electron chi connectivity index (χ4n) is 1.39.